The van der Waals surface area contributed by atoms with Crippen molar-refractivity contribution in [2.45, 2.75) is 6.42 Å². The van der Waals surface area contributed by atoms with Gasteiger partial charge in [0, 0.05) is 11.3 Å². The van der Waals surface area contributed by atoms with Gasteiger partial charge in [-0.2, -0.15) is 5.26 Å². The molecule has 1 N–H and O–H groups in total. The van der Waals surface area contributed by atoms with E-state index in [4.69, 9.17) is 0 Å². The number of pyridine rings is 1. The van der Waals surface area contributed by atoms with Crippen LogP contribution in [0.4, 0.5) is 0 Å². The number of hydrogen-bond donors (Lipinski definition) is 1. The first kappa shape index (κ1) is 18.4. The Morgan fingerprint density at radius 1 is 0.688 bits per heavy atom. The number of nitriles is 1. The standard InChI is InChI=1S/C29H18N2O/c30-17-27-26(21-11-12-25-23(15-21)14-20-7-3-4-8-24(20)25)16-28(31-29(27)32)22-10-9-18-5-1-2-6-19(18)13-22/h1-13,15-16H,14H2,(H,31,32). The smallest absolute Gasteiger partial charge is 0.266 e. The van der Waals surface area contributed by atoms with Crippen molar-refractivity contribution in [3.8, 4) is 39.6 Å². The second-order valence-corrected chi connectivity index (χ2v) is 8.18. The first-order chi connectivity index (χ1) is 15.7. The minimum absolute atomic E-state index is 0.144. The zero-order chi connectivity index (χ0) is 21.7. The fourth-order valence-electron chi connectivity index (χ4n) is 4.72. The molecule has 32 heavy (non-hydrogen) atoms. The molecule has 0 fully saturated rings. The topological polar surface area (TPSA) is 56.6 Å². The quantitative estimate of drug-likeness (QED) is 0.364. The molecule has 3 nitrogen and oxygen atoms in total. The minimum atomic E-state index is -0.364. The van der Waals surface area contributed by atoms with E-state index in [1.807, 2.05) is 36.4 Å². The number of nitrogens with zero attached hydrogens (tertiary/aromatic N) is 1. The molecule has 0 atom stereocenters. The fourth-order valence-corrected chi connectivity index (χ4v) is 4.72. The average Bonchev–Trinajstić information content (AvgIpc) is 3.21. The van der Waals surface area contributed by atoms with Crippen LogP contribution in [-0.4, -0.2) is 4.98 Å². The lowest BCUT2D eigenvalue weighted by Crippen LogP contribution is -2.12. The van der Waals surface area contributed by atoms with Crippen molar-refractivity contribution in [1.82, 2.24) is 4.98 Å². The van der Waals surface area contributed by atoms with Crippen LogP contribution in [0.15, 0.2) is 95.8 Å². The van der Waals surface area contributed by atoms with Crippen LogP contribution < -0.4 is 5.56 Å². The van der Waals surface area contributed by atoms with Gasteiger partial charge in [0.05, 0.1) is 0 Å². The molecule has 0 bridgehead atoms. The van der Waals surface area contributed by atoms with Gasteiger partial charge in [-0.05, 0) is 62.7 Å². The monoisotopic (exact) mass is 410 g/mol. The Hall–Kier alpha value is -4.42. The van der Waals surface area contributed by atoms with Crippen LogP contribution in [0, 0.1) is 11.3 Å². The molecule has 1 aromatic heterocycles. The van der Waals surface area contributed by atoms with Gasteiger partial charge in [0.2, 0.25) is 0 Å². The summed E-state index contributed by atoms with van der Waals surface area (Å²) in [6.45, 7) is 0. The van der Waals surface area contributed by atoms with Gasteiger partial charge in [0.1, 0.15) is 11.6 Å². The lowest BCUT2D eigenvalue weighted by atomic mass is 9.95. The number of aromatic nitrogens is 1. The lowest BCUT2D eigenvalue weighted by molar-refractivity contribution is 1.22. The molecule has 5 aromatic rings. The zero-order valence-corrected chi connectivity index (χ0v) is 17.2. The fraction of sp³-hybridized carbons (Fsp3) is 0.0345. The minimum Gasteiger partial charge on any atom is -0.321 e. The summed E-state index contributed by atoms with van der Waals surface area (Å²) in [4.78, 5) is 15.7. The number of rotatable bonds is 2. The van der Waals surface area contributed by atoms with Gasteiger partial charge >= 0.3 is 0 Å². The van der Waals surface area contributed by atoms with Crippen LogP contribution in [0.1, 0.15) is 16.7 Å². The summed E-state index contributed by atoms with van der Waals surface area (Å²) < 4.78 is 0. The van der Waals surface area contributed by atoms with Crippen LogP contribution in [-0.2, 0) is 6.42 Å². The number of H-pyrrole nitrogens is 1. The third-order valence-corrected chi connectivity index (χ3v) is 6.31. The summed E-state index contributed by atoms with van der Waals surface area (Å²) >= 11 is 0. The van der Waals surface area contributed by atoms with Gasteiger partial charge < -0.3 is 4.98 Å². The summed E-state index contributed by atoms with van der Waals surface area (Å²) in [5, 5.41) is 12.0. The molecule has 0 saturated carbocycles. The molecule has 4 aromatic carbocycles. The van der Waals surface area contributed by atoms with Gasteiger partial charge in [-0.25, -0.2) is 0 Å². The second-order valence-electron chi connectivity index (χ2n) is 8.18. The van der Waals surface area contributed by atoms with Crippen LogP contribution in [0.2, 0.25) is 0 Å². The van der Waals surface area contributed by atoms with E-state index in [2.05, 4.69) is 65.7 Å². The summed E-state index contributed by atoms with van der Waals surface area (Å²) in [7, 11) is 0. The Labute approximate surface area is 185 Å². The van der Waals surface area contributed by atoms with Crippen LogP contribution in [0.5, 0.6) is 0 Å². The molecule has 1 heterocycles. The predicted molar refractivity (Wildman–Crippen MR) is 128 cm³/mol. The maximum absolute atomic E-state index is 12.8. The maximum atomic E-state index is 12.8. The van der Waals surface area contributed by atoms with Gasteiger partial charge in [0.25, 0.3) is 5.56 Å². The molecular weight excluding hydrogens is 392 g/mol. The van der Waals surface area contributed by atoms with Gasteiger partial charge in [-0.15, -0.1) is 0 Å². The number of aromatic amines is 1. The number of fused-ring (bicyclic) bond motifs is 4. The van der Waals surface area contributed by atoms with Crippen molar-refractivity contribution in [1.29, 1.82) is 5.26 Å². The molecule has 150 valence electrons. The molecule has 0 unspecified atom stereocenters. The molecule has 0 amide bonds. The van der Waals surface area contributed by atoms with Crippen molar-refractivity contribution in [3.63, 3.8) is 0 Å². The van der Waals surface area contributed by atoms with E-state index in [-0.39, 0.29) is 11.1 Å². The highest BCUT2D eigenvalue weighted by Crippen LogP contribution is 2.39. The average molecular weight is 410 g/mol. The Bertz CT molecular complexity index is 1640. The second kappa shape index (κ2) is 7.08. The molecule has 1 aliphatic rings. The Balaban J connectivity index is 1.51. The molecule has 0 radical (unpaired) electrons. The van der Waals surface area contributed by atoms with Crippen molar-refractivity contribution in [2.24, 2.45) is 0 Å². The molecular formula is C29H18N2O. The van der Waals surface area contributed by atoms with E-state index in [9.17, 15) is 10.1 Å². The van der Waals surface area contributed by atoms with Crippen molar-refractivity contribution < 1.29 is 0 Å². The Morgan fingerprint density at radius 3 is 2.31 bits per heavy atom. The molecule has 0 aliphatic heterocycles. The van der Waals surface area contributed by atoms with E-state index in [1.165, 1.54) is 22.3 Å². The highest BCUT2D eigenvalue weighted by Gasteiger charge is 2.20. The SMILES string of the molecule is N#Cc1c(-c2ccc3c(c2)Cc2ccccc2-3)cc(-c2ccc3ccccc3c2)[nH]c1=O. The van der Waals surface area contributed by atoms with E-state index in [0.29, 0.717) is 11.3 Å². The Kier molecular flexibility index (Phi) is 4.06. The highest BCUT2D eigenvalue weighted by molar-refractivity contribution is 5.88. The van der Waals surface area contributed by atoms with Gasteiger partial charge in [-0.3, -0.25) is 4.79 Å². The van der Waals surface area contributed by atoms with Crippen LogP contribution in [0.3, 0.4) is 0 Å². The highest BCUT2D eigenvalue weighted by atomic mass is 16.1. The molecule has 6 rings (SSSR count). The Morgan fingerprint density at radius 2 is 1.44 bits per heavy atom. The molecule has 3 heteroatoms. The largest absolute Gasteiger partial charge is 0.321 e. The predicted octanol–water partition coefficient (Wildman–Crippen LogP) is 6.30. The van der Waals surface area contributed by atoms with Crippen LogP contribution >= 0.6 is 0 Å². The summed E-state index contributed by atoms with van der Waals surface area (Å²) in [6.07, 6.45) is 0.863. The van der Waals surface area contributed by atoms with Gasteiger partial charge in [0.15, 0.2) is 0 Å². The lowest BCUT2D eigenvalue weighted by Gasteiger charge is -2.11. The maximum Gasteiger partial charge on any atom is 0.266 e. The summed E-state index contributed by atoms with van der Waals surface area (Å²) in [5.41, 5.74) is 7.97. The molecule has 0 spiro atoms. The van der Waals surface area contributed by atoms with Crippen molar-refractivity contribution in [3.05, 3.63) is 118 Å². The first-order valence-corrected chi connectivity index (χ1v) is 10.6. The number of benzene rings is 4. The third kappa shape index (κ3) is 2.85. The number of hydrogen-bond acceptors (Lipinski definition) is 2. The normalized spacial score (nSPS) is 11.7. The zero-order valence-electron chi connectivity index (χ0n) is 17.2. The third-order valence-electron chi connectivity index (χ3n) is 6.31. The van der Waals surface area contributed by atoms with E-state index < -0.39 is 0 Å². The van der Waals surface area contributed by atoms with Crippen molar-refractivity contribution >= 4 is 10.8 Å². The van der Waals surface area contributed by atoms with Crippen molar-refractivity contribution in [2.75, 3.05) is 0 Å². The molecule has 1 aliphatic carbocycles. The van der Waals surface area contributed by atoms with Gasteiger partial charge in [-0.1, -0.05) is 78.9 Å². The summed E-state index contributed by atoms with van der Waals surface area (Å²) in [6, 6.07) is 32.9. The number of nitrogens with one attached hydrogen (secondary N) is 1. The van der Waals surface area contributed by atoms with Crippen LogP contribution in [0.25, 0.3) is 44.3 Å². The molecule has 0 saturated heterocycles. The van der Waals surface area contributed by atoms with E-state index in [0.717, 1.165) is 28.3 Å². The first-order valence-electron chi connectivity index (χ1n) is 10.6. The summed E-state index contributed by atoms with van der Waals surface area (Å²) in [5.74, 6) is 0. The van der Waals surface area contributed by atoms with E-state index in [1.54, 1.807) is 0 Å². The van der Waals surface area contributed by atoms with E-state index >= 15 is 0 Å².